The Bertz CT molecular complexity index is 2240. The summed E-state index contributed by atoms with van der Waals surface area (Å²) in [7, 11) is 0. The molecule has 0 aliphatic rings. The first-order valence-electron chi connectivity index (χ1n) is 13.8. The van der Waals surface area contributed by atoms with Crippen molar-refractivity contribution >= 4 is 32.7 Å². The van der Waals surface area contributed by atoms with Gasteiger partial charge >= 0.3 is 0 Å². The molecule has 0 atom stereocenters. The van der Waals surface area contributed by atoms with Gasteiger partial charge in [-0.15, -0.1) is 0 Å². The van der Waals surface area contributed by atoms with Crippen LogP contribution in [0, 0.1) is 11.6 Å². The van der Waals surface area contributed by atoms with Gasteiger partial charge in [0.15, 0.2) is 17.5 Å². The predicted octanol–water partition coefficient (Wildman–Crippen LogP) is 9.87. The van der Waals surface area contributed by atoms with Gasteiger partial charge in [0, 0.05) is 38.9 Å². The number of aromatic nitrogens is 3. The van der Waals surface area contributed by atoms with Gasteiger partial charge in [-0.25, -0.2) is 23.7 Å². The van der Waals surface area contributed by atoms with Crippen molar-refractivity contribution in [3.63, 3.8) is 0 Å². The molecule has 0 spiro atoms. The molecular formula is C37H21F2N3O. The zero-order chi connectivity index (χ0) is 28.9. The molecule has 2 heterocycles. The molecule has 8 aromatic rings. The molecule has 6 heteroatoms. The average molecular weight is 562 g/mol. The highest BCUT2D eigenvalue weighted by Crippen LogP contribution is 2.40. The number of hydrogen-bond donors (Lipinski definition) is 0. The second kappa shape index (κ2) is 9.96. The standard InChI is InChI=1S/C37H21F2N3O/c38-26-17-25(18-27(39)20-26)24-15-16-29-31-21-32(28-13-7-8-14-30(28)34(31)43-33(29)19-24)37-41-35(22-9-3-1-4-10-22)40-36(42-37)23-11-5-2-6-12-23/h1-21H. The first kappa shape index (κ1) is 25.0. The number of halogens is 2. The lowest BCUT2D eigenvalue weighted by Gasteiger charge is -2.11. The predicted molar refractivity (Wildman–Crippen MR) is 166 cm³/mol. The summed E-state index contributed by atoms with van der Waals surface area (Å²) in [5.41, 5.74) is 5.07. The maximum absolute atomic E-state index is 14.0. The van der Waals surface area contributed by atoms with Crippen LogP contribution >= 0.6 is 0 Å². The van der Waals surface area contributed by atoms with E-state index in [1.165, 1.54) is 12.1 Å². The summed E-state index contributed by atoms with van der Waals surface area (Å²) < 4.78 is 34.4. The minimum atomic E-state index is -0.627. The third-order valence-electron chi connectivity index (χ3n) is 7.62. The summed E-state index contributed by atoms with van der Waals surface area (Å²) in [6.45, 7) is 0. The largest absolute Gasteiger partial charge is 0.455 e. The van der Waals surface area contributed by atoms with Crippen LogP contribution < -0.4 is 0 Å². The van der Waals surface area contributed by atoms with E-state index in [-0.39, 0.29) is 0 Å². The molecule has 8 rings (SSSR count). The Labute approximate surface area is 244 Å². The van der Waals surface area contributed by atoms with E-state index in [9.17, 15) is 8.78 Å². The fourth-order valence-corrected chi connectivity index (χ4v) is 5.61. The fourth-order valence-electron chi connectivity index (χ4n) is 5.61. The maximum atomic E-state index is 14.0. The molecule has 0 N–H and O–H groups in total. The molecule has 0 saturated carbocycles. The van der Waals surface area contributed by atoms with E-state index in [2.05, 4.69) is 6.07 Å². The molecule has 6 aromatic carbocycles. The molecule has 43 heavy (non-hydrogen) atoms. The van der Waals surface area contributed by atoms with E-state index in [1.807, 2.05) is 103 Å². The van der Waals surface area contributed by atoms with E-state index in [1.54, 1.807) is 0 Å². The summed E-state index contributed by atoms with van der Waals surface area (Å²) in [5.74, 6) is 0.456. The summed E-state index contributed by atoms with van der Waals surface area (Å²) in [6.07, 6.45) is 0. The lowest BCUT2D eigenvalue weighted by atomic mass is 9.98. The Morgan fingerprint density at radius 3 is 1.65 bits per heavy atom. The highest BCUT2D eigenvalue weighted by atomic mass is 19.1. The molecule has 0 aliphatic carbocycles. The van der Waals surface area contributed by atoms with Crippen molar-refractivity contribution in [3.8, 4) is 45.3 Å². The van der Waals surface area contributed by atoms with Gasteiger partial charge in [0.1, 0.15) is 22.8 Å². The van der Waals surface area contributed by atoms with Crippen LogP contribution in [0.5, 0.6) is 0 Å². The van der Waals surface area contributed by atoms with Gasteiger partial charge in [0.05, 0.1) is 0 Å². The topological polar surface area (TPSA) is 51.8 Å². The molecule has 0 fully saturated rings. The Balaban J connectivity index is 1.38. The first-order chi connectivity index (χ1) is 21.1. The molecule has 204 valence electrons. The Hall–Kier alpha value is -5.75. The smallest absolute Gasteiger partial charge is 0.164 e. The number of fused-ring (bicyclic) bond motifs is 5. The molecule has 4 nitrogen and oxygen atoms in total. The quantitative estimate of drug-likeness (QED) is 0.215. The number of furan rings is 1. The van der Waals surface area contributed by atoms with Crippen molar-refractivity contribution in [1.82, 2.24) is 15.0 Å². The zero-order valence-electron chi connectivity index (χ0n) is 22.6. The Morgan fingerprint density at radius 1 is 0.419 bits per heavy atom. The molecule has 0 aliphatic heterocycles. The first-order valence-corrected chi connectivity index (χ1v) is 13.8. The summed E-state index contributed by atoms with van der Waals surface area (Å²) in [4.78, 5) is 14.8. The van der Waals surface area contributed by atoms with Gasteiger partial charge in [-0.2, -0.15) is 0 Å². The molecule has 0 unspecified atom stereocenters. The van der Waals surface area contributed by atoms with Gasteiger partial charge in [-0.1, -0.05) is 91.0 Å². The van der Waals surface area contributed by atoms with Crippen molar-refractivity contribution in [2.75, 3.05) is 0 Å². The van der Waals surface area contributed by atoms with Gasteiger partial charge < -0.3 is 4.42 Å². The van der Waals surface area contributed by atoms with Crippen LogP contribution in [0.3, 0.4) is 0 Å². The maximum Gasteiger partial charge on any atom is 0.164 e. The van der Waals surface area contributed by atoms with Crippen LogP contribution in [0.2, 0.25) is 0 Å². The minimum Gasteiger partial charge on any atom is -0.455 e. The summed E-state index contributed by atoms with van der Waals surface area (Å²) >= 11 is 0. The van der Waals surface area contributed by atoms with E-state index < -0.39 is 11.6 Å². The van der Waals surface area contributed by atoms with E-state index in [0.29, 0.717) is 34.2 Å². The highest BCUT2D eigenvalue weighted by molar-refractivity contribution is 6.19. The zero-order valence-corrected chi connectivity index (χ0v) is 22.6. The second-order valence-corrected chi connectivity index (χ2v) is 10.4. The number of rotatable bonds is 4. The molecule has 0 bridgehead atoms. The Morgan fingerprint density at radius 2 is 1.00 bits per heavy atom. The SMILES string of the molecule is Fc1cc(F)cc(-c2ccc3c(c2)oc2c4ccccc4c(-c4nc(-c5ccccc5)nc(-c5ccccc5)n4)cc32)c1. The third-order valence-corrected chi connectivity index (χ3v) is 7.62. The van der Waals surface area contributed by atoms with E-state index in [4.69, 9.17) is 19.4 Å². The second-order valence-electron chi connectivity index (χ2n) is 10.4. The van der Waals surface area contributed by atoms with Crippen molar-refractivity contribution < 1.29 is 13.2 Å². The molecule has 0 amide bonds. The number of nitrogens with zero attached hydrogens (tertiary/aromatic N) is 3. The van der Waals surface area contributed by atoms with Crippen molar-refractivity contribution in [2.45, 2.75) is 0 Å². The molecule has 0 saturated heterocycles. The van der Waals surface area contributed by atoms with Crippen LogP contribution in [0.1, 0.15) is 0 Å². The summed E-state index contributed by atoms with van der Waals surface area (Å²) in [5, 5.41) is 3.62. The number of hydrogen-bond acceptors (Lipinski definition) is 4. The highest BCUT2D eigenvalue weighted by Gasteiger charge is 2.19. The summed E-state index contributed by atoms with van der Waals surface area (Å²) in [6, 6.07) is 38.9. The average Bonchev–Trinajstić information content (AvgIpc) is 3.43. The number of benzene rings is 6. The van der Waals surface area contributed by atoms with E-state index in [0.717, 1.165) is 49.9 Å². The third kappa shape index (κ3) is 4.41. The van der Waals surface area contributed by atoms with Crippen LogP contribution in [0.25, 0.3) is 78.0 Å². The lowest BCUT2D eigenvalue weighted by Crippen LogP contribution is -2.00. The van der Waals surface area contributed by atoms with Gasteiger partial charge in [-0.05, 0) is 46.8 Å². The fraction of sp³-hybridized carbons (Fsp3) is 0. The van der Waals surface area contributed by atoms with Crippen molar-refractivity contribution in [2.24, 2.45) is 0 Å². The van der Waals surface area contributed by atoms with Crippen LogP contribution in [-0.4, -0.2) is 15.0 Å². The van der Waals surface area contributed by atoms with Gasteiger partial charge in [0.2, 0.25) is 0 Å². The Kier molecular flexibility index (Phi) is 5.79. The van der Waals surface area contributed by atoms with Gasteiger partial charge in [0.25, 0.3) is 0 Å². The molecular weight excluding hydrogens is 540 g/mol. The van der Waals surface area contributed by atoms with Crippen LogP contribution in [-0.2, 0) is 0 Å². The van der Waals surface area contributed by atoms with Crippen LogP contribution in [0.4, 0.5) is 8.78 Å². The monoisotopic (exact) mass is 561 g/mol. The van der Waals surface area contributed by atoms with Crippen molar-refractivity contribution in [3.05, 3.63) is 139 Å². The molecule has 0 radical (unpaired) electrons. The van der Waals surface area contributed by atoms with Crippen LogP contribution in [0.15, 0.2) is 132 Å². The lowest BCUT2D eigenvalue weighted by molar-refractivity contribution is 0.584. The van der Waals surface area contributed by atoms with Crippen molar-refractivity contribution in [1.29, 1.82) is 0 Å². The molecule has 2 aromatic heterocycles. The van der Waals surface area contributed by atoms with E-state index >= 15 is 0 Å². The minimum absolute atomic E-state index is 0.442. The normalized spacial score (nSPS) is 11.5. The van der Waals surface area contributed by atoms with Gasteiger partial charge in [-0.3, -0.25) is 0 Å².